The van der Waals surface area contributed by atoms with E-state index in [4.69, 9.17) is 11.6 Å². The van der Waals surface area contributed by atoms with Crippen molar-refractivity contribution in [1.29, 1.82) is 0 Å². The molecule has 1 atom stereocenters. The number of allylic oxidation sites excluding steroid dienone is 4. The molecule has 0 amide bonds. The average molecular weight is 230 g/mol. The maximum Gasteiger partial charge on any atom is 0.197 e. The molecule has 1 aliphatic carbocycles. The third-order valence-corrected chi connectivity index (χ3v) is 3.07. The highest BCUT2D eigenvalue weighted by atomic mass is 35.5. The number of aliphatic imine (C=N–C) groups is 1. The second-order valence-corrected chi connectivity index (χ2v) is 4.18. The molecule has 2 aliphatic rings. The van der Waals surface area contributed by atoms with E-state index in [1.54, 1.807) is 18.2 Å². The van der Waals surface area contributed by atoms with Gasteiger partial charge < -0.3 is 0 Å². The van der Waals surface area contributed by atoms with Gasteiger partial charge in [0.15, 0.2) is 5.78 Å². The van der Waals surface area contributed by atoms with Crippen LogP contribution in [0.15, 0.2) is 53.1 Å². The highest BCUT2D eigenvalue weighted by molar-refractivity contribution is 6.44. The SMILES string of the molecule is O=C1C2=CC=CC(Cl)C2=Nc2ccccc21. The van der Waals surface area contributed by atoms with E-state index >= 15 is 0 Å². The third-order valence-electron chi connectivity index (χ3n) is 2.71. The summed E-state index contributed by atoms with van der Waals surface area (Å²) in [5.74, 6) is 0.00981. The Labute approximate surface area is 98.0 Å². The number of nitrogens with zero attached hydrogens (tertiary/aromatic N) is 1. The Kier molecular flexibility index (Phi) is 2.04. The van der Waals surface area contributed by atoms with Gasteiger partial charge in [-0.2, -0.15) is 0 Å². The lowest BCUT2D eigenvalue weighted by Gasteiger charge is -2.21. The minimum absolute atomic E-state index is 0.00981. The van der Waals surface area contributed by atoms with Crippen LogP contribution in [0.4, 0.5) is 5.69 Å². The van der Waals surface area contributed by atoms with Gasteiger partial charge in [0.25, 0.3) is 0 Å². The molecule has 1 aromatic carbocycles. The quantitative estimate of drug-likeness (QED) is 0.629. The molecule has 0 saturated carbocycles. The van der Waals surface area contributed by atoms with Crippen LogP contribution in [0.5, 0.6) is 0 Å². The van der Waals surface area contributed by atoms with Crippen LogP contribution in [-0.2, 0) is 0 Å². The monoisotopic (exact) mass is 229 g/mol. The zero-order chi connectivity index (χ0) is 11.1. The van der Waals surface area contributed by atoms with E-state index in [0.717, 1.165) is 0 Å². The van der Waals surface area contributed by atoms with Gasteiger partial charge in [-0.25, -0.2) is 4.99 Å². The number of Topliss-reactive ketones (excluding diaryl/α,β-unsaturated/α-hetero) is 1. The first-order valence-corrected chi connectivity index (χ1v) is 5.46. The zero-order valence-corrected chi connectivity index (χ0v) is 9.11. The van der Waals surface area contributed by atoms with Crippen molar-refractivity contribution in [2.75, 3.05) is 0 Å². The summed E-state index contributed by atoms with van der Waals surface area (Å²) in [5, 5.41) is -0.308. The molecule has 3 rings (SSSR count). The number of hydrogen-bond acceptors (Lipinski definition) is 2. The van der Waals surface area contributed by atoms with E-state index in [0.29, 0.717) is 22.5 Å². The Hall–Kier alpha value is -1.67. The fourth-order valence-corrected chi connectivity index (χ4v) is 2.18. The van der Waals surface area contributed by atoms with Gasteiger partial charge in [0, 0.05) is 11.1 Å². The molecule has 78 valence electrons. The highest BCUT2D eigenvalue weighted by Crippen LogP contribution is 2.31. The van der Waals surface area contributed by atoms with Crippen LogP contribution in [0, 0.1) is 0 Å². The fraction of sp³-hybridized carbons (Fsp3) is 0.0769. The Morgan fingerprint density at radius 1 is 1.25 bits per heavy atom. The first kappa shape index (κ1) is 9.55. The first-order valence-electron chi connectivity index (χ1n) is 5.02. The molecule has 0 saturated heterocycles. The number of rotatable bonds is 0. The topological polar surface area (TPSA) is 29.4 Å². The van der Waals surface area contributed by atoms with Gasteiger partial charge in [0.1, 0.15) is 0 Å². The maximum absolute atomic E-state index is 12.2. The second-order valence-electron chi connectivity index (χ2n) is 3.71. The minimum atomic E-state index is -0.308. The molecule has 0 spiro atoms. The van der Waals surface area contributed by atoms with Crippen molar-refractivity contribution in [1.82, 2.24) is 0 Å². The lowest BCUT2D eigenvalue weighted by Crippen LogP contribution is -2.26. The summed E-state index contributed by atoms with van der Waals surface area (Å²) < 4.78 is 0. The molecule has 1 aromatic rings. The van der Waals surface area contributed by atoms with Gasteiger partial charge in [-0.3, -0.25) is 4.79 Å². The van der Waals surface area contributed by atoms with Crippen LogP contribution in [-0.4, -0.2) is 16.9 Å². The number of fused-ring (bicyclic) bond motifs is 2. The molecule has 2 nitrogen and oxygen atoms in total. The summed E-state index contributed by atoms with van der Waals surface area (Å²) in [5.41, 5.74) is 2.63. The van der Waals surface area contributed by atoms with Crippen LogP contribution >= 0.6 is 11.6 Å². The van der Waals surface area contributed by atoms with Crippen molar-refractivity contribution in [2.45, 2.75) is 5.38 Å². The van der Waals surface area contributed by atoms with Gasteiger partial charge in [0.05, 0.1) is 16.8 Å². The largest absolute Gasteiger partial charge is 0.288 e. The van der Waals surface area contributed by atoms with Gasteiger partial charge in [-0.05, 0) is 18.2 Å². The van der Waals surface area contributed by atoms with Gasteiger partial charge in [-0.1, -0.05) is 24.3 Å². The standard InChI is InChI=1S/C13H8ClNO/c14-10-6-3-5-9-12(10)15-11-7-2-1-4-8(11)13(9)16/h1-7,10H. The van der Waals surface area contributed by atoms with Crippen molar-refractivity contribution in [3.05, 3.63) is 53.6 Å². The number of ketones is 1. The molecule has 0 fully saturated rings. The molecule has 3 heteroatoms. The van der Waals surface area contributed by atoms with E-state index in [1.807, 2.05) is 24.3 Å². The van der Waals surface area contributed by atoms with E-state index in [2.05, 4.69) is 4.99 Å². The molecular weight excluding hydrogens is 222 g/mol. The number of hydrogen-bond donors (Lipinski definition) is 0. The lowest BCUT2D eigenvalue weighted by molar-refractivity contribution is 0.104. The van der Waals surface area contributed by atoms with Crippen LogP contribution in [0.3, 0.4) is 0 Å². The van der Waals surface area contributed by atoms with E-state index in [-0.39, 0.29) is 11.2 Å². The van der Waals surface area contributed by atoms with Crippen molar-refractivity contribution >= 4 is 28.8 Å². The lowest BCUT2D eigenvalue weighted by atomic mass is 9.90. The van der Waals surface area contributed by atoms with Crippen LogP contribution in [0.2, 0.25) is 0 Å². The Morgan fingerprint density at radius 2 is 2.06 bits per heavy atom. The van der Waals surface area contributed by atoms with Crippen molar-refractivity contribution in [3.63, 3.8) is 0 Å². The number of halogens is 1. The van der Waals surface area contributed by atoms with Crippen LogP contribution in [0.1, 0.15) is 10.4 Å². The predicted molar refractivity (Wildman–Crippen MR) is 64.7 cm³/mol. The number of carbonyl (C=O) groups is 1. The predicted octanol–water partition coefficient (Wildman–Crippen LogP) is 3.06. The second kappa shape index (κ2) is 3.42. The van der Waals surface area contributed by atoms with E-state index in [1.165, 1.54) is 0 Å². The number of para-hydroxylation sites is 1. The van der Waals surface area contributed by atoms with Crippen LogP contribution in [0.25, 0.3) is 0 Å². The number of alkyl halides is 1. The smallest absolute Gasteiger partial charge is 0.197 e. The summed E-state index contributed by atoms with van der Waals surface area (Å²) >= 11 is 6.11. The zero-order valence-electron chi connectivity index (χ0n) is 8.35. The number of benzene rings is 1. The van der Waals surface area contributed by atoms with Gasteiger partial charge in [0.2, 0.25) is 0 Å². The third kappa shape index (κ3) is 1.27. The molecule has 1 heterocycles. The molecule has 1 unspecified atom stereocenters. The highest BCUT2D eigenvalue weighted by Gasteiger charge is 2.29. The molecule has 0 radical (unpaired) electrons. The van der Waals surface area contributed by atoms with Gasteiger partial charge >= 0.3 is 0 Å². The summed E-state index contributed by atoms with van der Waals surface area (Å²) in [6.45, 7) is 0. The Balaban J connectivity index is 2.26. The number of carbonyl (C=O) groups excluding carboxylic acids is 1. The van der Waals surface area contributed by atoms with Crippen LogP contribution < -0.4 is 0 Å². The molecule has 16 heavy (non-hydrogen) atoms. The minimum Gasteiger partial charge on any atom is -0.288 e. The van der Waals surface area contributed by atoms with E-state index < -0.39 is 0 Å². The van der Waals surface area contributed by atoms with Crippen molar-refractivity contribution < 1.29 is 4.79 Å². The summed E-state index contributed by atoms with van der Waals surface area (Å²) in [6.07, 6.45) is 5.40. The Bertz CT molecular complexity index is 569. The van der Waals surface area contributed by atoms with Crippen molar-refractivity contribution in [3.8, 4) is 0 Å². The Morgan fingerprint density at radius 3 is 2.94 bits per heavy atom. The first-order chi connectivity index (χ1) is 7.77. The average Bonchev–Trinajstić information content (AvgIpc) is 2.31. The molecule has 0 bridgehead atoms. The molecule has 0 aromatic heterocycles. The van der Waals surface area contributed by atoms with E-state index in [9.17, 15) is 4.79 Å². The molecule has 0 N–H and O–H groups in total. The molecular formula is C13H8ClNO. The fourth-order valence-electron chi connectivity index (χ4n) is 1.93. The normalized spacial score (nSPS) is 22.1. The summed E-state index contributed by atoms with van der Waals surface area (Å²) in [7, 11) is 0. The summed E-state index contributed by atoms with van der Waals surface area (Å²) in [6, 6.07) is 7.33. The van der Waals surface area contributed by atoms with Crippen molar-refractivity contribution in [2.24, 2.45) is 4.99 Å². The molecule has 1 aliphatic heterocycles. The van der Waals surface area contributed by atoms with Gasteiger partial charge in [-0.15, -0.1) is 11.6 Å². The maximum atomic E-state index is 12.2. The summed E-state index contributed by atoms with van der Waals surface area (Å²) in [4.78, 5) is 16.6.